The van der Waals surface area contributed by atoms with Crippen molar-refractivity contribution in [2.45, 2.75) is 19.6 Å². The number of fused-ring (bicyclic) bond motifs is 2. The summed E-state index contributed by atoms with van der Waals surface area (Å²) >= 11 is 0. The van der Waals surface area contributed by atoms with Crippen molar-refractivity contribution in [2.75, 3.05) is 11.4 Å². The number of aromatic nitrogens is 2. The molecule has 28 heavy (non-hydrogen) atoms. The normalized spacial score (nSPS) is 15.8. The maximum atomic E-state index is 13.5. The minimum absolute atomic E-state index is 0.0353. The fourth-order valence-corrected chi connectivity index (χ4v) is 3.31. The summed E-state index contributed by atoms with van der Waals surface area (Å²) in [4.78, 5) is 39.2. The summed E-state index contributed by atoms with van der Waals surface area (Å²) in [5, 5.41) is 5.17. The van der Waals surface area contributed by atoms with Crippen LogP contribution in [-0.4, -0.2) is 34.2 Å². The minimum Gasteiger partial charge on any atom is -0.477 e. The number of nitrogens with two attached hydrogens (primary N) is 1. The molecular weight excluding hydrogens is 360 g/mol. The second-order valence-electron chi connectivity index (χ2n) is 6.41. The molecule has 142 valence electrons. The van der Waals surface area contributed by atoms with Crippen molar-refractivity contribution in [2.24, 2.45) is 5.73 Å². The number of hydrogen-bond donors (Lipinski definition) is 1. The molecule has 0 aliphatic carbocycles. The van der Waals surface area contributed by atoms with E-state index < -0.39 is 17.9 Å². The van der Waals surface area contributed by atoms with Crippen molar-refractivity contribution in [1.82, 2.24) is 9.78 Å². The molecule has 0 radical (unpaired) electrons. The summed E-state index contributed by atoms with van der Waals surface area (Å²) in [6, 6.07) is 13.8. The van der Waals surface area contributed by atoms with Gasteiger partial charge in [0.15, 0.2) is 11.8 Å². The topological polar surface area (TPSA) is 108 Å². The molecule has 1 unspecified atom stereocenters. The van der Waals surface area contributed by atoms with Gasteiger partial charge in [-0.1, -0.05) is 30.3 Å². The molecule has 2 heterocycles. The molecule has 2 N–H and O–H groups in total. The fourth-order valence-electron chi connectivity index (χ4n) is 3.31. The summed E-state index contributed by atoms with van der Waals surface area (Å²) in [6.07, 6.45) is -0.970. The minimum atomic E-state index is -0.970. The number of hydrogen-bond acceptors (Lipinski definition) is 5. The number of primary amides is 1. The van der Waals surface area contributed by atoms with Gasteiger partial charge in [-0.25, -0.2) is 4.68 Å². The predicted molar refractivity (Wildman–Crippen MR) is 103 cm³/mol. The van der Waals surface area contributed by atoms with E-state index >= 15 is 0 Å². The average molecular weight is 378 g/mol. The van der Waals surface area contributed by atoms with Gasteiger partial charge in [-0.15, -0.1) is 0 Å². The molecule has 2 amide bonds. The van der Waals surface area contributed by atoms with Gasteiger partial charge in [-0.2, -0.15) is 5.10 Å². The highest BCUT2D eigenvalue weighted by Gasteiger charge is 2.34. The molecule has 0 saturated heterocycles. The maximum Gasteiger partial charge on any atom is 0.279 e. The smallest absolute Gasteiger partial charge is 0.279 e. The Bertz CT molecular complexity index is 1150. The molecule has 4 rings (SSSR count). The molecule has 0 saturated carbocycles. The Morgan fingerprint density at radius 2 is 1.82 bits per heavy atom. The molecule has 1 aromatic heterocycles. The first-order chi connectivity index (χ1) is 13.5. The summed E-state index contributed by atoms with van der Waals surface area (Å²) in [6.45, 7) is 2.07. The molecule has 3 aromatic rings. The molecule has 0 spiro atoms. The molecule has 2 aromatic carbocycles. The average Bonchev–Trinajstić information content (AvgIpc) is 2.73. The number of carbonyl (C=O) groups excluding carboxylic acids is 2. The lowest BCUT2D eigenvalue weighted by Crippen LogP contribution is -2.49. The van der Waals surface area contributed by atoms with Crippen LogP contribution in [0.4, 0.5) is 5.69 Å². The van der Waals surface area contributed by atoms with E-state index in [1.807, 2.05) is 0 Å². The molecule has 0 bridgehead atoms. The van der Waals surface area contributed by atoms with Crippen molar-refractivity contribution in [3.63, 3.8) is 0 Å². The third-order valence-electron chi connectivity index (χ3n) is 4.71. The number of aryl methyl sites for hydroxylation is 1. The van der Waals surface area contributed by atoms with Crippen LogP contribution in [-0.2, 0) is 11.3 Å². The van der Waals surface area contributed by atoms with E-state index in [0.29, 0.717) is 28.8 Å². The van der Waals surface area contributed by atoms with Crippen LogP contribution in [0.5, 0.6) is 5.75 Å². The molecule has 8 heteroatoms. The Morgan fingerprint density at radius 3 is 2.54 bits per heavy atom. The Hall–Kier alpha value is -3.68. The van der Waals surface area contributed by atoms with Gasteiger partial charge in [-0.3, -0.25) is 19.3 Å². The Kier molecular flexibility index (Phi) is 4.31. The summed E-state index contributed by atoms with van der Waals surface area (Å²) < 4.78 is 6.87. The first-order valence-electron chi connectivity index (χ1n) is 8.88. The Labute approximate surface area is 160 Å². The SMILES string of the molecule is CCn1nc(C(=O)N2CC(C(N)=O)Oc3ccccc32)c2ccccc2c1=O. The number of amides is 2. The Morgan fingerprint density at radius 1 is 1.14 bits per heavy atom. The standard InChI is InChI=1S/C20H18N4O4/c1-2-24-19(26)13-8-4-3-7-12(13)17(22-24)20(27)23-11-16(18(21)25)28-15-10-6-5-9-14(15)23/h3-10,16H,2,11H2,1H3,(H2,21,25). The van der Waals surface area contributed by atoms with Crippen molar-refractivity contribution in [3.8, 4) is 5.75 Å². The van der Waals surface area contributed by atoms with Gasteiger partial charge in [-0.05, 0) is 25.1 Å². The molecule has 0 fully saturated rings. The highest BCUT2D eigenvalue weighted by molar-refractivity contribution is 6.13. The second-order valence-corrected chi connectivity index (χ2v) is 6.41. The zero-order valence-corrected chi connectivity index (χ0v) is 15.2. The van der Waals surface area contributed by atoms with E-state index in [9.17, 15) is 14.4 Å². The third kappa shape index (κ3) is 2.79. The summed E-state index contributed by atoms with van der Waals surface area (Å²) in [5.74, 6) is -0.705. The Balaban J connectivity index is 1.89. The number of rotatable bonds is 3. The van der Waals surface area contributed by atoms with E-state index in [0.717, 1.165) is 0 Å². The van der Waals surface area contributed by atoms with Crippen molar-refractivity contribution >= 4 is 28.3 Å². The van der Waals surface area contributed by atoms with Crippen LogP contribution in [0.3, 0.4) is 0 Å². The maximum absolute atomic E-state index is 13.5. The van der Waals surface area contributed by atoms with E-state index in [2.05, 4.69) is 5.10 Å². The van der Waals surface area contributed by atoms with Crippen LogP contribution in [0.1, 0.15) is 17.4 Å². The highest BCUT2D eigenvalue weighted by Crippen LogP contribution is 2.34. The van der Waals surface area contributed by atoms with Gasteiger partial charge in [0.1, 0.15) is 5.75 Å². The van der Waals surface area contributed by atoms with Crippen LogP contribution in [0, 0.1) is 0 Å². The van der Waals surface area contributed by atoms with Crippen LogP contribution < -0.4 is 20.9 Å². The van der Waals surface area contributed by atoms with Crippen LogP contribution >= 0.6 is 0 Å². The predicted octanol–water partition coefficient (Wildman–Crippen LogP) is 1.31. The highest BCUT2D eigenvalue weighted by atomic mass is 16.5. The zero-order chi connectivity index (χ0) is 19.8. The number of ether oxygens (including phenoxy) is 1. The van der Waals surface area contributed by atoms with Gasteiger partial charge in [0, 0.05) is 11.9 Å². The van der Waals surface area contributed by atoms with Gasteiger partial charge in [0.25, 0.3) is 17.4 Å². The van der Waals surface area contributed by atoms with E-state index in [1.54, 1.807) is 55.5 Å². The van der Waals surface area contributed by atoms with Gasteiger partial charge < -0.3 is 10.5 Å². The molecule has 1 atom stereocenters. The lowest BCUT2D eigenvalue weighted by atomic mass is 10.1. The number of para-hydroxylation sites is 2. The first kappa shape index (κ1) is 17.7. The summed E-state index contributed by atoms with van der Waals surface area (Å²) in [7, 11) is 0. The van der Waals surface area contributed by atoms with Gasteiger partial charge in [0.2, 0.25) is 0 Å². The zero-order valence-electron chi connectivity index (χ0n) is 15.2. The van der Waals surface area contributed by atoms with E-state index in [4.69, 9.17) is 10.5 Å². The monoisotopic (exact) mass is 378 g/mol. The quantitative estimate of drug-likeness (QED) is 0.739. The molecule has 1 aliphatic rings. The lowest BCUT2D eigenvalue weighted by Gasteiger charge is -2.33. The van der Waals surface area contributed by atoms with Crippen LogP contribution in [0.2, 0.25) is 0 Å². The largest absolute Gasteiger partial charge is 0.477 e. The molecule has 1 aliphatic heterocycles. The van der Waals surface area contributed by atoms with Crippen molar-refractivity contribution in [1.29, 1.82) is 0 Å². The lowest BCUT2D eigenvalue weighted by molar-refractivity contribution is -0.124. The van der Waals surface area contributed by atoms with Gasteiger partial charge in [0.05, 0.1) is 17.6 Å². The van der Waals surface area contributed by atoms with Crippen molar-refractivity contribution < 1.29 is 14.3 Å². The number of anilines is 1. The number of benzene rings is 2. The second kappa shape index (κ2) is 6.80. The first-order valence-corrected chi connectivity index (χ1v) is 8.88. The summed E-state index contributed by atoms with van der Waals surface area (Å²) in [5.41, 5.74) is 5.82. The number of nitrogens with zero attached hydrogens (tertiary/aromatic N) is 3. The molecule has 8 nitrogen and oxygen atoms in total. The van der Waals surface area contributed by atoms with Crippen LogP contribution in [0.25, 0.3) is 10.8 Å². The van der Waals surface area contributed by atoms with Crippen molar-refractivity contribution in [3.05, 3.63) is 64.6 Å². The number of carbonyl (C=O) groups is 2. The van der Waals surface area contributed by atoms with Crippen LogP contribution in [0.15, 0.2) is 53.3 Å². The van der Waals surface area contributed by atoms with Gasteiger partial charge >= 0.3 is 0 Å². The fraction of sp³-hybridized carbons (Fsp3) is 0.200. The third-order valence-corrected chi connectivity index (χ3v) is 4.71. The molecular formula is C20H18N4O4. The van der Waals surface area contributed by atoms with E-state index in [-0.39, 0.29) is 17.8 Å². The van der Waals surface area contributed by atoms with E-state index in [1.165, 1.54) is 9.58 Å².